The molecule has 2 fully saturated rings. The topological polar surface area (TPSA) is 86.3 Å². The number of likely N-dealkylation sites (tertiary alicyclic amines) is 1. The van der Waals surface area contributed by atoms with Gasteiger partial charge in [-0.05, 0) is 31.6 Å². The summed E-state index contributed by atoms with van der Waals surface area (Å²) in [5.74, 6) is 0.121. The third-order valence-corrected chi connectivity index (χ3v) is 4.19. The number of piperidine rings is 1. The second-order valence-corrected chi connectivity index (χ2v) is 5.48. The van der Waals surface area contributed by atoms with Gasteiger partial charge in [0.15, 0.2) is 0 Å². The largest absolute Gasteiger partial charge is 0.390 e. The van der Waals surface area contributed by atoms with E-state index in [4.69, 9.17) is 0 Å². The lowest BCUT2D eigenvalue weighted by atomic mass is 9.89. The highest BCUT2D eigenvalue weighted by Crippen LogP contribution is 2.46. The van der Waals surface area contributed by atoms with E-state index in [1.165, 1.54) is 6.20 Å². The van der Waals surface area contributed by atoms with Crippen LogP contribution in [-0.2, 0) is 0 Å². The number of aromatic nitrogens is 2. The van der Waals surface area contributed by atoms with E-state index in [0.29, 0.717) is 19.0 Å². The third kappa shape index (κ3) is 2.40. The molecule has 1 saturated heterocycles. The Kier molecular flexibility index (Phi) is 2.89. The van der Waals surface area contributed by atoms with Crippen LogP contribution in [0.1, 0.15) is 36.2 Å². The molecule has 1 aliphatic carbocycles. The zero-order valence-electron chi connectivity index (χ0n) is 10.6. The third-order valence-electron chi connectivity index (χ3n) is 4.19. The molecule has 0 radical (unpaired) electrons. The minimum Gasteiger partial charge on any atom is -0.390 e. The van der Waals surface area contributed by atoms with E-state index in [2.05, 4.69) is 9.97 Å². The lowest BCUT2D eigenvalue weighted by Crippen LogP contribution is -2.42. The number of carbonyl (C=O) groups is 1. The first-order valence-corrected chi connectivity index (χ1v) is 6.64. The number of rotatable bonds is 2. The van der Waals surface area contributed by atoms with Crippen LogP contribution in [0.5, 0.6) is 0 Å². The van der Waals surface area contributed by atoms with E-state index in [9.17, 15) is 14.7 Å². The Balaban J connectivity index is 1.65. The van der Waals surface area contributed by atoms with Gasteiger partial charge in [0.05, 0.1) is 18.0 Å². The monoisotopic (exact) mass is 263 g/mol. The quantitative estimate of drug-likeness (QED) is 0.795. The number of hydrogen-bond donors (Lipinski definition) is 2. The lowest BCUT2D eigenvalue weighted by Gasteiger charge is -2.34. The molecule has 0 spiro atoms. The Labute approximate surface area is 110 Å². The van der Waals surface area contributed by atoms with Crippen molar-refractivity contribution in [2.75, 3.05) is 13.1 Å². The Morgan fingerprint density at radius 2 is 2.05 bits per heavy atom. The normalized spacial score (nSPS) is 22.3. The van der Waals surface area contributed by atoms with E-state index >= 15 is 0 Å². The maximum absolute atomic E-state index is 12.2. The van der Waals surface area contributed by atoms with E-state index in [1.807, 2.05) is 0 Å². The first-order chi connectivity index (χ1) is 9.08. The molecule has 102 valence electrons. The lowest BCUT2D eigenvalue weighted by molar-refractivity contribution is 0.0337. The number of H-pyrrole nitrogens is 1. The van der Waals surface area contributed by atoms with Gasteiger partial charge in [-0.25, -0.2) is 0 Å². The van der Waals surface area contributed by atoms with Crippen LogP contribution in [0.15, 0.2) is 17.2 Å². The van der Waals surface area contributed by atoms with Gasteiger partial charge in [0.25, 0.3) is 11.5 Å². The number of carbonyl (C=O) groups excluding carboxylic acids is 1. The molecule has 19 heavy (non-hydrogen) atoms. The van der Waals surface area contributed by atoms with E-state index in [0.717, 1.165) is 31.9 Å². The van der Waals surface area contributed by atoms with Crippen LogP contribution in [-0.4, -0.2) is 44.6 Å². The Morgan fingerprint density at radius 1 is 1.37 bits per heavy atom. The molecule has 2 N–H and O–H groups in total. The van der Waals surface area contributed by atoms with Crippen LogP contribution in [0.2, 0.25) is 0 Å². The smallest absolute Gasteiger partial charge is 0.271 e. The minimum absolute atomic E-state index is 0.188. The summed E-state index contributed by atoms with van der Waals surface area (Å²) in [6.07, 6.45) is 5.96. The molecule has 1 aromatic rings. The Hall–Kier alpha value is -1.69. The van der Waals surface area contributed by atoms with Gasteiger partial charge in [-0.1, -0.05) is 0 Å². The van der Waals surface area contributed by atoms with Crippen molar-refractivity contribution in [1.82, 2.24) is 14.9 Å². The fraction of sp³-hybridized carbons (Fsp3) is 0.615. The first kappa shape index (κ1) is 12.3. The zero-order valence-corrected chi connectivity index (χ0v) is 10.6. The van der Waals surface area contributed by atoms with Gasteiger partial charge in [-0.2, -0.15) is 0 Å². The molecule has 3 rings (SSSR count). The predicted octanol–water partition coefficient (Wildman–Crippen LogP) is 0.147. The van der Waals surface area contributed by atoms with Crippen molar-refractivity contribution >= 4 is 5.91 Å². The number of amides is 1. The SMILES string of the molecule is O=C(c1cncc(=O)[nH]1)N1CCC(C2(O)CC2)CC1. The van der Waals surface area contributed by atoms with Crippen molar-refractivity contribution in [3.8, 4) is 0 Å². The van der Waals surface area contributed by atoms with Crippen molar-refractivity contribution in [2.24, 2.45) is 5.92 Å². The van der Waals surface area contributed by atoms with Crippen LogP contribution in [0, 0.1) is 5.92 Å². The highest BCUT2D eigenvalue weighted by Gasteiger charge is 2.48. The molecule has 1 amide bonds. The van der Waals surface area contributed by atoms with E-state index < -0.39 is 5.60 Å². The summed E-state index contributed by atoms with van der Waals surface area (Å²) < 4.78 is 0. The number of aliphatic hydroxyl groups is 1. The molecule has 0 aromatic carbocycles. The zero-order chi connectivity index (χ0) is 13.5. The van der Waals surface area contributed by atoms with Gasteiger partial charge in [0, 0.05) is 13.1 Å². The Morgan fingerprint density at radius 3 is 2.63 bits per heavy atom. The second kappa shape index (κ2) is 4.45. The first-order valence-electron chi connectivity index (χ1n) is 6.64. The molecule has 0 atom stereocenters. The van der Waals surface area contributed by atoms with Gasteiger partial charge in [0.1, 0.15) is 5.69 Å². The summed E-state index contributed by atoms with van der Waals surface area (Å²) in [5, 5.41) is 10.1. The molecule has 1 aliphatic heterocycles. The average molecular weight is 263 g/mol. The van der Waals surface area contributed by atoms with Gasteiger partial charge < -0.3 is 15.0 Å². The fourth-order valence-corrected chi connectivity index (χ4v) is 2.81. The number of nitrogens with one attached hydrogen (secondary N) is 1. The van der Waals surface area contributed by atoms with Crippen molar-refractivity contribution < 1.29 is 9.90 Å². The molecule has 2 aliphatic rings. The minimum atomic E-state index is -0.461. The molecule has 1 aromatic heterocycles. The van der Waals surface area contributed by atoms with Gasteiger partial charge in [-0.15, -0.1) is 0 Å². The van der Waals surface area contributed by atoms with Crippen LogP contribution in [0.3, 0.4) is 0 Å². The molecule has 0 unspecified atom stereocenters. The Bertz CT molecular complexity index is 542. The maximum atomic E-state index is 12.2. The number of nitrogens with zero attached hydrogens (tertiary/aromatic N) is 2. The van der Waals surface area contributed by atoms with Crippen LogP contribution >= 0.6 is 0 Å². The highest BCUT2D eigenvalue weighted by atomic mass is 16.3. The second-order valence-electron chi connectivity index (χ2n) is 5.48. The van der Waals surface area contributed by atoms with Crippen LogP contribution in [0.4, 0.5) is 0 Å². The van der Waals surface area contributed by atoms with Crippen molar-refractivity contribution in [2.45, 2.75) is 31.3 Å². The number of hydrogen-bond acceptors (Lipinski definition) is 4. The average Bonchev–Trinajstić information content (AvgIpc) is 3.17. The molecule has 2 heterocycles. The van der Waals surface area contributed by atoms with Crippen molar-refractivity contribution in [3.05, 3.63) is 28.4 Å². The molecule has 1 saturated carbocycles. The van der Waals surface area contributed by atoms with Crippen LogP contribution in [0.25, 0.3) is 0 Å². The predicted molar refractivity (Wildman–Crippen MR) is 67.7 cm³/mol. The number of aromatic amines is 1. The summed E-state index contributed by atoms with van der Waals surface area (Å²) in [6.45, 7) is 1.26. The maximum Gasteiger partial charge on any atom is 0.271 e. The summed E-state index contributed by atoms with van der Waals surface area (Å²) in [5.41, 5.74) is -0.596. The molecule has 6 heteroatoms. The molecular weight excluding hydrogens is 246 g/mol. The molecular formula is C13H17N3O3. The van der Waals surface area contributed by atoms with Crippen LogP contribution < -0.4 is 5.56 Å². The standard InChI is InChI=1S/C13H17N3O3/c17-11-8-14-7-10(15-11)12(18)16-5-1-9(2-6-16)13(19)3-4-13/h7-9,19H,1-6H2,(H,15,17). The van der Waals surface area contributed by atoms with Gasteiger partial charge in [-0.3, -0.25) is 14.6 Å². The van der Waals surface area contributed by atoms with Crippen molar-refractivity contribution in [3.63, 3.8) is 0 Å². The van der Waals surface area contributed by atoms with Gasteiger partial charge in [0.2, 0.25) is 0 Å². The van der Waals surface area contributed by atoms with E-state index in [-0.39, 0.29) is 17.2 Å². The fourth-order valence-electron chi connectivity index (χ4n) is 2.81. The summed E-state index contributed by atoms with van der Waals surface area (Å²) in [6, 6.07) is 0. The summed E-state index contributed by atoms with van der Waals surface area (Å²) in [4.78, 5) is 31.3. The van der Waals surface area contributed by atoms with Crippen molar-refractivity contribution in [1.29, 1.82) is 0 Å². The molecule has 6 nitrogen and oxygen atoms in total. The highest BCUT2D eigenvalue weighted by molar-refractivity contribution is 5.92. The molecule has 0 bridgehead atoms. The summed E-state index contributed by atoms with van der Waals surface area (Å²) in [7, 11) is 0. The van der Waals surface area contributed by atoms with E-state index in [1.54, 1.807) is 4.90 Å². The summed E-state index contributed by atoms with van der Waals surface area (Å²) >= 11 is 0. The van der Waals surface area contributed by atoms with Gasteiger partial charge >= 0.3 is 0 Å².